The van der Waals surface area contributed by atoms with Crippen LogP contribution in [0.5, 0.6) is 0 Å². The van der Waals surface area contributed by atoms with E-state index >= 15 is 0 Å². The molecule has 1 amide bonds. The molecule has 1 aromatic carbocycles. The highest BCUT2D eigenvalue weighted by atomic mass is 32.2. The monoisotopic (exact) mass is 310 g/mol. The summed E-state index contributed by atoms with van der Waals surface area (Å²) >= 11 is 0. The van der Waals surface area contributed by atoms with Crippen molar-refractivity contribution in [2.75, 3.05) is 16.8 Å². The van der Waals surface area contributed by atoms with Crippen LogP contribution in [0.25, 0.3) is 0 Å². The Morgan fingerprint density at radius 2 is 2.00 bits per heavy atom. The van der Waals surface area contributed by atoms with E-state index < -0.39 is 9.84 Å². The van der Waals surface area contributed by atoms with E-state index in [1.807, 2.05) is 26.0 Å². The molecule has 1 unspecified atom stereocenters. The lowest BCUT2D eigenvalue weighted by Crippen LogP contribution is -2.43. The first kappa shape index (κ1) is 15.8. The lowest BCUT2D eigenvalue weighted by Gasteiger charge is -2.23. The van der Waals surface area contributed by atoms with E-state index in [0.29, 0.717) is 18.4 Å². The van der Waals surface area contributed by atoms with Gasteiger partial charge in [-0.1, -0.05) is 12.1 Å². The van der Waals surface area contributed by atoms with Crippen LogP contribution >= 0.6 is 0 Å². The molecular weight excluding hydrogens is 288 g/mol. The van der Waals surface area contributed by atoms with Gasteiger partial charge in [-0.25, -0.2) is 8.42 Å². The molecular formula is C15H22N2O3S. The van der Waals surface area contributed by atoms with Crippen molar-refractivity contribution in [3.8, 4) is 0 Å². The first-order chi connectivity index (χ1) is 9.87. The van der Waals surface area contributed by atoms with E-state index in [-0.39, 0.29) is 29.5 Å². The summed E-state index contributed by atoms with van der Waals surface area (Å²) < 4.78 is 23.3. The zero-order valence-electron chi connectivity index (χ0n) is 12.4. The summed E-state index contributed by atoms with van der Waals surface area (Å²) in [5.41, 5.74) is 1.32. The van der Waals surface area contributed by atoms with Crippen molar-refractivity contribution in [2.24, 2.45) is 0 Å². The van der Waals surface area contributed by atoms with Crippen LogP contribution in [0.3, 0.4) is 0 Å². The Morgan fingerprint density at radius 3 is 2.67 bits per heavy atom. The molecule has 116 valence electrons. The van der Waals surface area contributed by atoms with E-state index in [2.05, 4.69) is 10.6 Å². The van der Waals surface area contributed by atoms with Gasteiger partial charge in [-0.3, -0.25) is 4.79 Å². The molecule has 0 radical (unpaired) electrons. The number of benzene rings is 1. The first-order valence-electron chi connectivity index (χ1n) is 7.24. The van der Waals surface area contributed by atoms with E-state index in [4.69, 9.17) is 0 Å². The quantitative estimate of drug-likeness (QED) is 0.889. The predicted octanol–water partition coefficient (Wildman–Crippen LogP) is 1.81. The van der Waals surface area contributed by atoms with Crippen molar-refractivity contribution in [1.29, 1.82) is 0 Å². The van der Waals surface area contributed by atoms with Gasteiger partial charge in [0.1, 0.15) is 0 Å². The third-order valence-electron chi connectivity index (χ3n) is 3.41. The molecule has 2 rings (SSSR count). The molecule has 21 heavy (non-hydrogen) atoms. The largest absolute Gasteiger partial charge is 0.382 e. The molecule has 6 heteroatoms. The number of rotatable bonds is 4. The average molecular weight is 310 g/mol. The number of carbonyl (C=O) groups excluding carboxylic acids is 1. The minimum Gasteiger partial charge on any atom is -0.382 e. The third-order valence-corrected chi connectivity index (χ3v) is 5.24. The van der Waals surface area contributed by atoms with Crippen molar-refractivity contribution < 1.29 is 13.2 Å². The van der Waals surface area contributed by atoms with E-state index in [0.717, 1.165) is 5.69 Å². The number of amides is 1. The zero-order chi connectivity index (χ0) is 15.5. The van der Waals surface area contributed by atoms with Crippen molar-refractivity contribution in [3.63, 3.8) is 0 Å². The SMILES string of the molecule is CC(C)Nc1ccccc1C(=O)NC1CCCS(=O)(=O)C1. The predicted molar refractivity (Wildman–Crippen MR) is 84.3 cm³/mol. The second-order valence-electron chi connectivity index (χ2n) is 5.77. The summed E-state index contributed by atoms with van der Waals surface area (Å²) in [6, 6.07) is 7.20. The average Bonchev–Trinajstić information content (AvgIpc) is 2.37. The number of para-hydroxylation sites is 1. The van der Waals surface area contributed by atoms with Gasteiger partial charge in [0.25, 0.3) is 5.91 Å². The summed E-state index contributed by atoms with van der Waals surface area (Å²) in [4.78, 5) is 12.4. The minimum absolute atomic E-state index is 0.0402. The Balaban J connectivity index is 2.10. The topological polar surface area (TPSA) is 75.3 Å². The van der Waals surface area contributed by atoms with Crippen LogP contribution in [0, 0.1) is 0 Å². The number of hydrogen-bond donors (Lipinski definition) is 2. The summed E-state index contributed by atoms with van der Waals surface area (Å²) in [6.45, 7) is 4.00. The molecule has 0 spiro atoms. The number of nitrogens with one attached hydrogen (secondary N) is 2. The highest BCUT2D eigenvalue weighted by molar-refractivity contribution is 7.91. The second kappa shape index (κ2) is 6.47. The van der Waals surface area contributed by atoms with Crippen molar-refractivity contribution >= 4 is 21.4 Å². The number of hydrogen-bond acceptors (Lipinski definition) is 4. The normalized spacial score (nSPS) is 21.0. The Morgan fingerprint density at radius 1 is 1.29 bits per heavy atom. The van der Waals surface area contributed by atoms with Gasteiger partial charge in [-0.05, 0) is 38.8 Å². The number of sulfone groups is 1. The van der Waals surface area contributed by atoms with Crippen molar-refractivity contribution in [1.82, 2.24) is 5.32 Å². The lowest BCUT2D eigenvalue weighted by atomic mass is 10.1. The molecule has 0 aliphatic carbocycles. The molecule has 1 saturated heterocycles. The first-order valence-corrected chi connectivity index (χ1v) is 9.06. The molecule has 0 saturated carbocycles. The summed E-state index contributed by atoms with van der Waals surface area (Å²) in [5.74, 6) is 0.0458. The van der Waals surface area contributed by atoms with Crippen LogP contribution in [0.1, 0.15) is 37.0 Å². The Kier molecular flexibility index (Phi) is 4.88. The maximum atomic E-state index is 12.4. The van der Waals surface area contributed by atoms with Crippen LogP contribution in [-0.4, -0.2) is 37.9 Å². The Labute approximate surface area is 126 Å². The fourth-order valence-corrected chi connectivity index (χ4v) is 4.15. The Hall–Kier alpha value is -1.56. The molecule has 5 nitrogen and oxygen atoms in total. The molecule has 0 bridgehead atoms. The van der Waals surface area contributed by atoms with Gasteiger partial charge in [0.2, 0.25) is 0 Å². The van der Waals surface area contributed by atoms with Crippen LogP contribution in [-0.2, 0) is 9.84 Å². The fourth-order valence-electron chi connectivity index (χ4n) is 2.52. The molecule has 0 aromatic heterocycles. The van der Waals surface area contributed by atoms with Crippen molar-refractivity contribution in [2.45, 2.75) is 38.8 Å². The molecule has 1 aliphatic rings. The van der Waals surface area contributed by atoms with Gasteiger partial charge in [-0.2, -0.15) is 0 Å². The zero-order valence-corrected chi connectivity index (χ0v) is 13.2. The smallest absolute Gasteiger partial charge is 0.253 e. The van der Waals surface area contributed by atoms with E-state index in [9.17, 15) is 13.2 Å². The molecule has 1 atom stereocenters. The van der Waals surface area contributed by atoms with Gasteiger partial charge in [-0.15, -0.1) is 0 Å². The summed E-state index contributed by atoms with van der Waals surface area (Å²) in [6.07, 6.45) is 1.32. The van der Waals surface area contributed by atoms with Gasteiger partial charge < -0.3 is 10.6 Å². The van der Waals surface area contributed by atoms with Gasteiger partial charge in [0.15, 0.2) is 9.84 Å². The van der Waals surface area contributed by atoms with Crippen LogP contribution in [0.4, 0.5) is 5.69 Å². The lowest BCUT2D eigenvalue weighted by molar-refractivity contribution is 0.0939. The molecule has 2 N–H and O–H groups in total. The van der Waals surface area contributed by atoms with Gasteiger partial charge in [0.05, 0.1) is 17.1 Å². The standard InChI is InChI=1S/C15H22N2O3S/c1-11(2)16-14-8-4-3-7-13(14)15(18)17-12-6-5-9-21(19,20)10-12/h3-4,7-8,11-12,16H,5-6,9-10H2,1-2H3,(H,17,18). The van der Waals surface area contributed by atoms with Crippen molar-refractivity contribution in [3.05, 3.63) is 29.8 Å². The minimum atomic E-state index is -3.02. The highest BCUT2D eigenvalue weighted by Crippen LogP contribution is 2.18. The molecule has 1 aromatic rings. The molecule has 1 heterocycles. The molecule has 1 fully saturated rings. The maximum Gasteiger partial charge on any atom is 0.253 e. The Bertz CT molecular complexity index is 611. The highest BCUT2D eigenvalue weighted by Gasteiger charge is 2.26. The molecule has 1 aliphatic heterocycles. The summed E-state index contributed by atoms with van der Waals surface area (Å²) in [7, 11) is -3.02. The number of anilines is 1. The van der Waals surface area contributed by atoms with Gasteiger partial charge in [0, 0.05) is 17.8 Å². The van der Waals surface area contributed by atoms with Gasteiger partial charge >= 0.3 is 0 Å². The third kappa shape index (κ3) is 4.46. The van der Waals surface area contributed by atoms with Crippen LogP contribution < -0.4 is 10.6 Å². The second-order valence-corrected chi connectivity index (χ2v) is 8.00. The summed E-state index contributed by atoms with van der Waals surface area (Å²) in [5, 5.41) is 6.07. The number of carbonyl (C=O) groups is 1. The fraction of sp³-hybridized carbons (Fsp3) is 0.533. The van der Waals surface area contributed by atoms with Crippen LogP contribution in [0.2, 0.25) is 0 Å². The van der Waals surface area contributed by atoms with E-state index in [1.54, 1.807) is 12.1 Å². The van der Waals surface area contributed by atoms with Crippen LogP contribution in [0.15, 0.2) is 24.3 Å². The maximum absolute atomic E-state index is 12.4. The van der Waals surface area contributed by atoms with E-state index in [1.165, 1.54) is 0 Å².